The maximum Gasteiger partial charge on any atom is 0.346 e. The number of piperazine rings is 1. The van der Waals surface area contributed by atoms with Crippen molar-refractivity contribution in [1.82, 2.24) is 4.90 Å². The molecule has 0 saturated carbocycles. The van der Waals surface area contributed by atoms with Crippen molar-refractivity contribution in [3.05, 3.63) is 82.9 Å². The molecule has 2 atom stereocenters. The summed E-state index contributed by atoms with van der Waals surface area (Å²) in [6.45, 7) is 9.09. The van der Waals surface area contributed by atoms with Gasteiger partial charge < -0.3 is 24.8 Å². The van der Waals surface area contributed by atoms with Gasteiger partial charge in [0.25, 0.3) is 0 Å². The van der Waals surface area contributed by atoms with Gasteiger partial charge in [-0.15, -0.1) is 11.8 Å². The van der Waals surface area contributed by atoms with E-state index in [1.54, 1.807) is 37.4 Å². The number of aliphatic carboxylic acids is 1. The second-order valence-electron chi connectivity index (χ2n) is 10.3. The Bertz CT molecular complexity index is 1330. The number of hydrogen-bond acceptors (Lipinski definition) is 8. The Balaban J connectivity index is 1.39. The molecule has 10 heteroatoms. The molecule has 0 aromatic heterocycles. The molecule has 2 unspecified atom stereocenters. The molecular weight excluding hydrogens is 574 g/mol. The largest absolute Gasteiger partial charge is 0.497 e. The Morgan fingerprint density at radius 1 is 1.02 bits per heavy atom. The van der Waals surface area contributed by atoms with Gasteiger partial charge in [0.15, 0.2) is 0 Å². The molecule has 0 spiro atoms. The molecule has 4 rings (SSSR count). The van der Waals surface area contributed by atoms with Gasteiger partial charge in [0.2, 0.25) is 6.10 Å². The maximum absolute atomic E-state index is 12.2. The summed E-state index contributed by atoms with van der Waals surface area (Å²) in [6, 6.07) is 21.3. The monoisotopic (exact) mass is 611 g/mol. The van der Waals surface area contributed by atoms with E-state index >= 15 is 0 Å². The SMILES string of the molecule is COc1ccc(C(Sc2cc(Cl)ccc2NCCCN2CCN(c3ccc(C)cc3)CC2)C(OC(C)=O)C(=O)O)cc1. The Labute approximate surface area is 256 Å². The number of rotatable bonds is 13. The minimum Gasteiger partial charge on any atom is -0.497 e. The fourth-order valence-electron chi connectivity index (χ4n) is 4.91. The molecule has 0 bridgehead atoms. The molecule has 224 valence electrons. The van der Waals surface area contributed by atoms with Crippen molar-refractivity contribution in [2.24, 2.45) is 0 Å². The van der Waals surface area contributed by atoms with Crippen LogP contribution < -0.4 is 15.0 Å². The zero-order chi connectivity index (χ0) is 30.1. The average Bonchev–Trinajstić information content (AvgIpc) is 2.98. The third-order valence-corrected chi connectivity index (χ3v) is 8.79. The highest BCUT2D eigenvalue weighted by atomic mass is 35.5. The van der Waals surface area contributed by atoms with Gasteiger partial charge in [-0.1, -0.05) is 41.4 Å². The fraction of sp³-hybridized carbons (Fsp3) is 0.375. The van der Waals surface area contributed by atoms with Crippen LogP contribution in [0.1, 0.15) is 29.7 Å². The normalized spacial score (nSPS) is 15.1. The molecule has 2 N–H and O–H groups in total. The smallest absolute Gasteiger partial charge is 0.346 e. The van der Waals surface area contributed by atoms with Crippen molar-refractivity contribution in [2.45, 2.75) is 36.5 Å². The molecule has 1 aliphatic rings. The first-order chi connectivity index (χ1) is 20.2. The summed E-state index contributed by atoms with van der Waals surface area (Å²) in [4.78, 5) is 29.7. The minimum atomic E-state index is -1.40. The van der Waals surface area contributed by atoms with Crippen LogP contribution in [0.25, 0.3) is 0 Å². The van der Waals surface area contributed by atoms with Crippen LogP contribution in [-0.2, 0) is 14.3 Å². The van der Waals surface area contributed by atoms with Crippen LogP contribution in [0.4, 0.5) is 11.4 Å². The number of halogens is 1. The number of nitrogens with one attached hydrogen (secondary N) is 1. The first-order valence-electron chi connectivity index (χ1n) is 14.0. The van der Waals surface area contributed by atoms with Crippen molar-refractivity contribution in [1.29, 1.82) is 0 Å². The van der Waals surface area contributed by atoms with Gasteiger partial charge in [-0.2, -0.15) is 0 Å². The summed E-state index contributed by atoms with van der Waals surface area (Å²) in [5.41, 5.74) is 4.08. The number of ether oxygens (including phenoxy) is 2. The number of aryl methyl sites for hydroxylation is 1. The van der Waals surface area contributed by atoms with Gasteiger partial charge in [0, 0.05) is 60.9 Å². The van der Waals surface area contributed by atoms with Gasteiger partial charge in [0.05, 0.1) is 12.4 Å². The zero-order valence-electron chi connectivity index (χ0n) is 24.2. The Hall–Kier alpha value is -3.40. The summed E-state index contributed by atoms with van der Waals surface area (Å²) in [6.07, 6.45) is -0.448. The second-order valence-corrected chi connectivity index (χ2v) is 11.9. The van der Waals surface area contributed by atoms with Crippen molar-refractivity contribution >= 4 is 46.7 Å². The Morgan fingerprint density at radius 3 is 2.33 bits per heavy atom. The van der Waals surface area contributed by atoms with E-state index in [2.05, 4.69) is 46.3 Å². The predicted molar refractivity (Wildman–Crippen MR) is 169 cm³/mol. The van der Waals surface area contributed by atoms with Crippen LogP contribution >= 0.6 is 23.4 Å². The highest BCUT2D eigenvalue weighted by Crippen LogP contribution is 2.43. The van der Waals surface area contributed by atoms with E-state index in [1.165, 1.54) is 29.9 Å². The number of thioether (sulfide) groups is 1. The van der Waals surface area contributed by atoms with Crippen LogP contribution in [0, 0.1) is 6.92 Å². The number of hydrogen-bond donors (Lipinski definition) is 2. The van der Waals surface area contributed by atoms with Gasteiger partial charge in [-0.25, -0.2) is 4.79 Å². The number of benzene rings is 3. The van der Waals surface area contributed by atoms with Crippen LogP contribution in [-0.4, -0.2) is 74.4 Å². The lowest BCUT2D eigenvalue weighted by Gasteiger charge is -2.36. The summed E-state index contributed by atoms with van der Waals surface area (Å²) >= 11 is 7.67. The van der Waals surface area contributed by atoms with Crippen LogP contribution in [0.2, 0.25) is 5.02 Å². The highest BCUT2D eigenvalue weighted by Gasteiger charge is 2.34. The van der Waals surface area contributed by atoms with E-state index in [1.807, 2.05) is 12.1 Å². The van der Waals surface area contributed by atoms with E-state index in [0.29, 0.717) is 16.3 Å². The maximum atomic E-state index is 12.2. The molecule has 0 aliphatic carbocycles. The molecular formula is C32H38ClN3O5S. The molecule has 1 aliphatic heterocycles. The number of carboxylic acid groups (broad SMARTS) is 1. The van der Waals surface area contributed by atoms with Gasteiger partial charge in [-0.05, 0) is 67.9 Å². The van der Waals surface area contributed by atoms with Crippen LogP contribution in [0.15, 0.2) is 71.6 Å². The number of anilines is 2. The number of esters is 1. The van der Waals surface area contributed by atoms with Crippen LogP contribution in [0.5, 0.6) is 5.75 Å². The number of carboxylic acids is 1. The van der Waals surface area contributed by atoms with Crippen molar-refractivity contribution in [2.75, 3.05) is 56.6 Å². The molecule has 0 radical (unpaired) electrons. The summed E-state index contributed by atoms with van der Waals surface area (Å²) in [5.74, 6) is -1.24. The second kappa shape index (κ2) is 15.2. The van der Waals surface area contributed by atoms with Gasteiger partial charge >= 0.3 is 11.9 Å². The van der Waals surface area contributed by atoms with E-state index in [-0.39, 0.29) is 0 Å². The number of carbonyl (C=O) groups excluding carboxylic acids is 1. The topological polar surface area (TPSA) is 91.3 Å². The molecule has 0 amide bonds. The molecule has 42 heavy (non-hydrogen) atoms. The number of carbonyl (C=O) groups is 2. The summed E-state index contributed by atoms with van der Waals surface area (Å²) < 4.78 is 10.5. The van der Waals surface area contributed by atoms with Crippen molar-refractivity contribution in [3.8, 4) is 5.75 Å². The highest BCUT2D eigenvalue weighted by molar-refractivity contribution is 7.99. The van der Waals surface area contributed by atoms with Crippen molar-refractivity contribution < 1.29 is 24.2 Å². The quantitative estimate of drug-likeness (QED) is 0.134. The first-order valence-corrected chi connectivity index (χ1v) is 15.3. The minimum absolute atomic E-state index is 0.530. The summed E-state index contributed by atoms with van der Waals surface area (Å²) in [7, 11) is 1.56. The molecule has 8 nitrogen and oxygen atoms in total. The molecule has 3 aromatic rings. The van der Waals surface area contributed by atoms with E-state index in [0.717, 1.165) is 56.3 Å². The lowest BCUT2D eigenvalue weighted by atomic mass is 10.1. The molecule has 3 aromatic carbocycles. The first kappa shape index (κ1) is 31.5. The van der Waals surface area contributed by atoms with Gasteiger partial charge in [-0.3, -0.25) is 9.69 Å². The Kier molecular flexibility index (Phi) is 11.4. The predicted octanol–water partition coefficient (Wildman–Crippen LogP) is 6.13. The van der Waals surface area contributed by atoms with Gasteiger partial charge in [0.1, 0.15) is 5.75 Å². The average molecular weight is 612 g/mol. The molecule has 1 fully saturated rings. The third-order valence-electron chi connectivity index (χ3n) is 7.19. The number of nitrogens with zero attached hydrogens (tertiary/aromatic N) is 2. The van der Waals surface area contributed by atoms with E-state index in [4.69, 9.17) is 21.1 Å². The lowest BCUT2D eigenvalue weighted by Crippen LogP contribution is -2.46. The van der Waals surface area contributed by atoms with Crippen molar-refractivity contribution in [3.63, 3.8) is 0 Å². The zero-order valence-corrected chi connectivity index (χ0v) is 25.8. The summed E-state index contributed by atoms with van der Waals surface area (Å²) in [5, 5.41) is 13.3. The molecule has 1 saturated heterocycles. The van der Waals surface area contributed by atoms with E-state index in [9.17, 15) is 14.7 Å². The standard InChI is InChI=1S/C32H38ClN3O5S/c1-22-5-10-26(11-6-22)36-19-17-35(18-20-36)16-4-15-34-28-14-9-25(33)21-29(28)42-31(30(32(38)39)41-23(2)37)24-7-12-27(40-3)13-8-24/h5-14,21,30-31,34H,4,15-20H2,1-3H3,(H,38,39). The molecule has 1 heterocycles. The fourth-order valence-corrected chi connectivity index (χ4v) is 6.47. The lowest BCUT2D eigenvalue weighted by molar-refractivity contribution is -0.162. The third kappa shape index (κ3) is 8.80. The Morgan fingerprint density at radius 2 is 1.71 bits per heavy atom. The van der Waals surface area contributed by atoms with E-state index < -0.39 is 23.3 Å². The van der Waals surface area contributed by atoms with Crippen LogP contribution in [0.3, 0.4) is 0 Å². The number of methoxy groups -OCH3 is 1.